The fourth-order valence-corrected chi connectivity index (χ4v) is 6.23. The van der Waals surface area contributed by atoms with E-state index in [9.17, 15) is 18.9 Å². The van der Waals surface area contributed by atoms with Crippen LogP contribution in [0.2, 0.25) is 0 Å². The summed E-state index contributed by atoms with van der Waals surface area (Å²) in [6.45, 7) is 5.39. The molecule has 2 heterocycles. The first-order chi connectivity index (χ1) is 15.2. The van der Waals surface area contributed by atoms with E-state index in [0.717, 1.165) is 16.7 Å². The van der Waals surface area contributed by atoms with Crippen molar-refractivity contribution in [3.05, 3.63) is 71.3 Å². The zero-order valence-electron chi connectivity index (χ0n) is 18.2. The molecule has 2 aliphatic rings. The molecule has 0 aliphatic carbocycles. The molecule has 0 unspecified atom stereocenters. The highest BCUT2D eigenvalue weighted by atomic mass is 32.2. The number of benzene rings is 2. The van der Waals surface area contributed by atoms with E-state index < -0.39 is 45.3 Å². The van der Waals surface area contributed by atoms with Gasteiger partial charge in [0.25, 0.3) is 5.91 Å². The summed E-state index contributed by atoms with van der Waals surface area (Å²) < 4.78 is 17.6. The van der Waals surface area contributed by atoms with Gasteiger partial charge in [0.1, 0.15) is 6.61 Å². The molecule has 0 saturated carbocycles. The summed E-state index contributed by atoms with van der Waals surface area (Å²) in [5.74, 6) is -1.32. The second kappa shape index (κ2) is 8.60. The Kier molecular flexibility index (Phi) is 6.01. The SMILES string of the molecule is Cc1cccc(CC(=O)N[C@@H]2C(=O)N3[C@@H]2[S@@+]([O-])C(C)(C)[C@@H]3C(=O)OCc2ccccc2)c1. The van der Waals surface area contributed by atoms with Crippen LogP contribution in [0.4, 0.5) is 0 Å². The van der Waals surface area contributed by atoms with Crippen LogP contribution in [0.25, 0.3) is 0 Å². The molecule has 2 aliphatic heterocycles. The van der Waals surface area contributed by atoms with Crippen LogP contribution in [0, 0.1) is 6.92 Å². The number of ether oxygens (including phenoxy) is 1. The molecule has 1 N–H and O–H groups in total. The molecule has 0 aromatic heterocycles. The Labute approximate surface area is 190 Å². The molecule has 2 amide bonds. The van der Waals surface area contributed by atoms with Gasteiger partial charge in [-0.25, -0.2) is 4.79 Å². The Balaban J connectivity index is 1.43. The zero-order valence-corrected chi connectivity index (χ0v) is 19.1. The molecule has 2 saturated heterocycles. The van der Waals surface area contributed by atoms with Crippen molar-refractivity contribution in [2.45, 2.75) is 56.0 Å². The van der Waals surface area contributed by atoms with Crippen molar-refractivity contribution in [3.8, 4) is 0 Å². The molecule has 4 atom stereocenters. The lowest BCUT2D eigenvalue weighted by atomic mass is 9.95. The van der Waals surface area contributed by atoms with E-state index in [2.05, 4.69) is 5.32 Å². The van der Waals surface area contributed by atoms with Gasteiger partial charge in [0.2, 0.25) is 11.3 Å². The number of rotatable bonds is 6. The lowest BCUT2D eigenvalue weighted by Crippen LogP contribution is -2.72. The van der Waals surface area contributed by atoms with E-state index in [1.54, 1.807) is 13.8 Å². The zero-order chi connectivity index (χ0) is 23.0. The van der Waals surface area contributed by atoms with Crippen molar-refractivity contribution in [2.24, 2.45) is 0 Å². The third-order valence-corrected chi connectivity index (χ3v) is 8.16. The maximum Gasteiger partial charge on any atom is 0.334 e. The second-order valence-corrected chi connectivity index (χ2v) is 10.9. The first-order valence-corrected chi connectivity index (χ1v) is 11.7. The highest BCUT2D eigenvalue weighted by Gasteiger charge is 2.73. The molecule has 0 bridgehead atoms. The molecule has 32 heavy (non-hydrogen) atoms. The van der Waals surface area contributed by atoms with Crippen molar-refractivity contribution >= 4 is 29.0 Å². The number of nitrogens with one attached hydrogen (secondary N) is 1. The van der Waals surface area contributed by atoms with Crippen molar-refractivity contribution < 1.29 is 23.7 Å². The molecular weight excluding hydrogens is 428 g/mol. The average Bonchev–Trinajstić information content (AvgIpc) is 2.94. The van der Waals surface area contributed by atoms with Crippen LogP contribution in [-0.4, -0.2) is 49.4 Å². The van der Waals surface area contributed by atoms with Crippen LogP contribution in [0.5, 0.6) is 0 Å². The van der Waals surface area contributed by atoms with Gasteiger partial charge >= 0.3 is 5.97 Å². The lowest BCUT2D eigenvalue weighted by Gasteiger charge is -2.41. The van der Waals surface area contributed by atoms with E-state index in [4.69, 9.17) is 4.74 Å². The molecule has 2 aromatic rings. The van der Waals surface area contributed by atoms with Crippen molar-refractivity contribution in [3.63, 3.8) is 0 Å². The maximum absolute atomic E-state index is 13.2. The Hall–Kier alpha value is -2.84. The number of β-lactam (4-membered cyclic amide) rings is 1. The normalized spacial score (nSPS) is 25.6. The molecule has 0 radical (unpaired) electrons. The fraction of sp³-hybridized carbons (Fsp3) is 0.375. The maximum atomic E-state index is 13.2. The van der Waals surface area contributed by atoms with E-state index in [1.165, 1.54) is 4.90 Å². The van der Waals surface area contributed by atoms with Crippen molar-refractivity contribution in [2.75, 3.05) is 0 Å². The second-order valence-electron chi connectivity index (χ2n) is 8.74. The summed E-state index contributed by atoms with van der Waals surface area (Å²) in [6.07, 6.45) is 0.122. The van der Waals surface area contributed by atoms with Gasteiger partial charge in [-0.3, -0.25) is 14.5 Å². The predicted octanol–water partition coefficient (Wildman–Crippen LogP) is 1.84. The summed E-state index contributed by atoms with van der Waals surface area (Å²) in [6, 6.07) is 14.9. The third-order valence-electron chi connectivity index (χ3n) is 5.97. The Morgan fingerprint density at radius 2 is 1.81 bits per heavy atom. The van der Waals surface area contributed by atoms with Crippen LogP contribution in [0.1, 0.15) is 30.5 Å². The minimum Gasteiger partial charge on any atom is -0.614 e. The number of carbonyl (C=O) groups excluding carboxylic acids is 3. The number of carbonyl (C=O) groups is 3. The first kappa shape index (κ1) is 22.4. The largest absolute Gasteiger partial charge is 0.614 e. The quantitative estimate of drug-likeness (QED) is 0.408. The predicted molar refractivity (Wildman–Crippen MR) is 120 cm³/mol. The lowest BCUT2D eigenvalue weighted by molar-refractivity contribution is -0.165. The van der Waals surface area contributed by atoms with Gasteiger partial charge in [-0.1, -0.05) is 60.2 Å². The van der Waals surface area contributed by atoms with Gasteiger partial charge in [-0.05, 0) is 43.1 Å². The molecule has 8 heteroatoms. The van der Waals surface area contributed by atoms with Crippen LogP contribution < -0.4 is 5.32 Å². The van der Waals surface area contributed by atoms with E-state index in [-0.39, 0.29) is 18.9 Å². The molecule has 2 aromatic carbocycles. The van der Waals surface area contributed by atoms with Gasteiger partial charge in [0, 0.05) is 0 Å². The minimum absolute atomic E-state index is 0.0717. The summed E-state index contributed by atoms with van der Waals surface area (Å²) in [7, 11) is 0. The minimum atomic E-state index is -1.55. The van der Waals surface area contributed by atoms with Gasteiger partial charge in [0.05, 0.1) is 6.42 Å². The van der Waals surface area contributed by atoms with E-state index in [0.29, 0.717) is 0 Å². The third kappa shape index (κ3) is 4.00. The van der Waals surface area contributed by atoms with Gasteiger partial charge in [-0.15, -0.1) is 0 Å². The monoisotopic (exact) mass is 454 g/mol. The first-order valence-electron chi connectivity index (χ1n) is 10.5. The van der Waals surface area contributed by atoms with E-state index >= 15 is 0 Å². The molecular formula is C24H26N2O5S. The topological polar surface area (TPSA) is 98.8 Å². The summed E-state index contributed by atoms with van der Waals surface area (Å²) in [5, 5.41) is 1.97. The Bertz CT molecular complexity index is 1040. The van der Waals surface area contributed by atoms with Crippen molar-refractivity contribution in [1.82, 2.24) is 10.2 Å². The van der Waals surface area contributed by atoms with Crippen LogP contribution >= 0.6 is 0 Å². The average molecular weight is 455 g/mol. The van der Waals surface area contributed by atoms with Crippen LogP contribution in [0.3, 0.4) is 0 Å². The van der Waals surface area contributed by atoms with Crippen molar-refractivity contribution in [1.29, 1.82) is 0 Å². The van der Waals surface area contributed by atoms with Gasteiger partial charge in [-0.2, -0.15) is 0 Å². The number of hydrogen-bond donors (Lipinski definition) is 1. The molecule has 4 rings (SSSR count). The Morgan fingerprint density at radius 3 is 2.50 bits per heavy atom. The number of aryl methyl sites for hydroxylation is 1. The molecule has 2 fully saturated rings. The highest BCUT2D eigenvalue weighted by Crippen LogP contribution is 2.46. The van der Waals surface area contributed by atoms with Gasteiger partial charge in [0.15, 0.2) is 16.8 Å². The summed E-state index contributed by atoms with van der Waals surface area (Å²) >= 11 is -1.55. The van der Waals surface area contributed by atoms with Crippen LogP contribution in [0.15, 0.2) is 54.6 Å². The Morgan fingerprint density at radius 1 is 1.12 bits per heavy atom. The smallest absolute Gasteiger partial charge is 0.334 e. The number of fused-ring (bicyclic) bond motifs is 1. The van der Waals surface area contributed by atoms with E-state index in [1.807, 2.05) is 61.5 Å². The van der Waals surface area contributed by atoms with Gasteiger partial charge < -0.3 is 14.6 Å². The highest BCUT2D eigenvalue weighted by molar-refractivity contribution is 7.94. The number of hydrogen-bond acceptors (Lipinski definition) is 5. The number of amides is 2. The number of esters is 1. The molecule has 168 valence electrons. The van der Waals surface area contributed by atoms with Crippen LogP contribution in [-0.2, 0) is 43.3 Å². The fourth-order valence-electron chi connectivity index (χ4n) is 4.31. The molecule has 0 spiro atoms. The number of nitrogens with zero attached hydrogens (tertiary/aromatic N) is 1. The summed E-state index contributed by atoms with van der Waals surface area (Å²) in [5.41, 5.74) is 2.70. The summed E-state index contributed by atoms with van der Waals surface area (Å²) in [4.78, 5) is 39.6. The molecule has 7 nitrogen and oxygen atoms in total. The standard InChI is InChI=1S/C24H26N2O5S/c1-15-8-7-11-17(12-15)13-18(27)25-19-21(28)26-20(24(2,3)32(30)22(19)26)23(29)31-14-16-9-5-4-6-10-16/h4-12,19-20,22H,13-14H2,1-3H3,(H,25,27)/t19-,20+,22-,32-/m1/s1.